The molecule has 24 heavy (non-hydrogen) atoms. The third kappa shape index (κ3) is 3.17. The van der Waals surface area contributed by atoms with E-state index in [-0.39, 0.29) is 5.91 Å². The summed E-state index contributed by atoms with van der Waals surface area (Å²) in [5, 5.41) is 1.02. The van der Waals surface area contributed by atoms with E-state index in [2.05, 4.69) is 20.9 Å². The van der Waals surface area contributed by atoms with Gasteiger partial charge < -0.3 is 14.6 Å². The van der Waals surface area contributed by atoms with Crippen molar-refractivity contribution in [1.82, 2.24) is 4.98 Å². The van der Waals surface area contributed by atoms with Crippen LogP contribution in [0.1, 0.15) is 11.1 Å². The molecule has 4 nitrogen and oxygen atoms in total. The van der Waals surface area contributed by atoms with Crippen LogP contribution in [0.3, 0.4) is 0 Å². The molecule has 0 saturated heterocycles. The molecule has 0 radical (unpaired) electrons. The van der Waals surface area contributed by atoms with E-state index in [0.717, 1.165) is 37.9 Å². The van der Waals surface area contributed by atoms with E-state index in [1.807, 2.05) is 49.5 Å². The van der Waals surface area contributed by atoms with Gasteiger partial charge in [-0.25, -0.2) is 0 Å². The van der Waals surface area contributed by atoms with E-state index in [1.54, 1.807) is 19.1 Å². The highest BCUT2D eigenvalue weighted by Crippen LogP contribution is 2.26. The molecule has 3 rings (SSSR count). The molecular formula is C19H19BrN2O2. The Bertz CT molecular complexity index is 902. The van der Waals surface area contributed by atoms with E-state index in [1.165, 1.54) is 0 Å². The molecule has 1 amide bonds. The number of carbonyl (C=O) groups excluding carboxylic acids is 1. The fourth-order valence-corrected chi connectivity index (χ4v) is 2.94. The Morgan fingerprint density at radius 1 is 1.25 bits per heavy atom. The van der Waals surface area contributed by atoms with Gasteiger partial charge in [-0.05, 0) is 54.4 Å². The number of aromatic amines is 1. The molecule has 3 aromatic rings. The number of carbonyl (C=O) groups is 1. The van der Waals surface area contributed by atoms with Crippen LogP contribution < -0.4 is 9.64 Å². The number of halogens is 1. The summed E-state index contributed by atoms with van der Waals surface area (Å²) < 4.78 is 6.32. The Morgan fingerprint density at radius 3 is 2.75 bits per heavy atom. The van der Waals surface area contributed by atoms with Crippen molar-refractivity contribution in [3.05, 3.63) is 58.2 Å². The lowest BCUT2D eigenvalue weighted by Crippen LogP contribution is -2.27. The van der Waals surface area contributed by atoms with Gasteiger partial charge in [0.2, 0.25) is 5.91 Å². The molecule has 0 atom stereocenters. The first kappa shape index (κ1) is 16.6. The van der Waals surface area contributed by atoms with Gasteiger partial charge >= 0.3 is 0 Å². The number of anilines is 1. The van der Waals surface area contributed by atoms with Gasteiger partial charge in [-0.2, -0.15) is 0 Å². The van der Waals surface area contributed by atoms with Crippen LogP contribution in [-0.2, 0) is 11.2 Å². The number of aromatic nitrogens is 1. The Labute approximate surface area is 149 Å². The van der Waals surface area contributed by atoms with Gasteiger partial charge in [-0.3, -0.25) is 4.79 Å². The highest BCUT2D eigenvalue weighted by molar-refractivity contribution is 9.10. The number of hydrogen-bond acceptors (Lipinski definition) is 2. The summed E-state index contributed by atoms with van der Waals surface area (Å²) in [6, 6.07) is 11.7. The smallest absolute Gasteiger partial charge is 0.231 e. The summed E-state index contributed by atoms with van der Waals surface area (Å²) in [6.07, 6.45) is 2.22. The average Bonchev–Trinajstić information content (AvgIpc) is 2.98. The maximum absolute atomic E-state index is 12.7. The van der Waals surface area contributed by atoms with Gasteiger partial charge in [-0.15, -0.1) is 0 Å². The SMILES string of the molecule is COc1ccc2[nH]cc(CC(=O)N(C)c3ccc(Br)c(C)c3)c2c1. The van der Waals surface area contributed by atoms with Crippen LogP contribution in [-0.4, -0.2) is 25.0 Å². The first-order valence-electron chi connectivity index (χ1n) is 7.66. The molecule has 2 aromatic carbocycles. The first-order valence-corrected chi connectivity index (χ1v) is 8.45. The Kier molecular flexibility index (Phi) is 4.62. The van der Waals surface area contributed by atoms with Gasteiger partial charge in [0.1, 0.15) is 5.75 Å². The first-order chi connectivity index (χ1) is 11.5. The number of nitrogens with one attached hydrogen (secondary N) is 1. The quantitative estimate of drug-likeness (QED) is 0.719. The minimum Gasteiger partial charge on any atom is -0.497 e. The molecule has 0 aliphatic heterocycles. The zero-order valence-corrected chi connectivity index (χ0v) is 15.5. The third-order valence-electron chi connectivity index (χ3n) is 4.22. The molecule has 1 aromatic heterocycles. The monoisotopic (exact) mass is 386 g/mol. The second-order valence-electron chi connectivity index (χ2n) is 5.79. The topological polar surface area (TPSA) is 45.3 Å². The van der Waals surface area contributed by atoms with E-state index >= 15 is 0 Å². The van der Waals surface area contributed by atoms with E-state index in [4.69, 9.17) is 4.74 Å². The molecule has 0 unspecified atom stereocenters. The van der Waals surface area contributed by atoms with Crippen molar-refractivity contribution >= 4 is 38.4 Å². The number of methoxy groups -OCH3 is 1. The van der Waals surface area contributed by atoms with Crippen LogP contribution in [0.2, 0.25) is 0 Å². The van der Waals surface area contributed by atoms with Crippen LogP contribution in [0.5, 0.6) is 5.75 Å². The second kappa shape index (κ2) is 6.69. The molecule has 0 fully saturated rings. The van der Waals surface area contributed by atoms with Crippen LogP contribution in [0.15, 0.2) is 47.1 Å². The lowest BCUT2D eigenvalue weighted by Gasteiger charge is -2.18. The van der Waals surface area contributed by atoms with Gasteiger partial charge in [0.05, 0.1) is 13.5 Å². The predicted octanol–water partition coefficient (Wildman–Crippen LogP) is 4.45. The summed E-state index contributed by atoms with van der Waals surface area (Å²) in [7, 11) is 3.45. The highest BCUT2D eigenvalue weighted by atomic mass is 79.9. The van der Waals surface area contributed by atoms with Gasteiger partial charge in [0.15, 0.2) is 0 Å². The summed E-state index contributed by atoms with van der Waals surface area (Å²) in [4.78, 5) is 17.6. The number of H-pyrrole nitrogens is 1. The van der Waals surface area contributed by atoms with E-state index < -0.39 is 0 Å². The molecule has 1 heterocycles. The number of fused-ring (bicyclic) bond motifs is 1. The molecule has 1 N–H and O–H groups in total. The van der Waals surface area contributed by atoms with Gasteiger partial charge in [0, 0.05) is 34.3 Å². The van der Waals surface area contributed by atoms with Crippen LogP contribution in [0.25, 0.3) is 10.9 Å². The van der Waals surface area contributed by atoms with Crippen molar-refractivity contribution in [2.24, 2.45) is 0 Å². The molecule has 124 valence electrons. The third-order valence-corrected chi connectivity index (χ3v) is 5.11. The largest absolute Gasteiger partial charge is 0.497 e. The normalized spacial score (nSPS) is 10.8. The molecule has 0 bridgehead atoms. The second-order valence-corrected chi connectivity index (χ2v) is 6.64. The minimum absolute atomic E-state index is 0.0421. The summed E-state index contributed by atoms with van der Waals surface area (Å²) in [6.45, 7) is 2.01. The molecular weight excluding hydrogens is 368 g/mol. The molecule has 0 spiro atoms. The zero-order valence-electron chi connectivity index (χ0n) is 13.9. The predicted molar refractivity (Wildman–Crippen MR) is 101 cm³/mol. The molecule has 0 aliphatic rings. The molecule has 0 saturated carbocycles. The number of benzene rings is 2. The number of amides is 1. The van der Waals surface area contributed by atoms with E-state index in [0.29, 0.717) is 6.42 Å². The highest BCUT2D eigenvalue weighted by Gasteiger charge is 2.15. The number of aryl methyl sites for hydroxylation is 1. The number of nitrogens with zero attached hydrogens (tertiary/aromatic N) is 1. The van der Waals surface area contributed by atoms with Gasteiger partial charge in [-0.1, -0.05) is 15.9 Å². The minimum atomic E-state index is 0.0421. The van der Waals surface area contributed by atoms with Crippen LogP contribution in [0, 0.1) is 6.92 Å². The van der Waals surface area contributed by atoms with E-state index in [9.17, 15) is 4.79 Å². The number of rotatable bonds is 4. The Balaban J connectivity index is 1.85. The lowest BCUT2D eigenvalue weighted by atomic mass is 10.1. The fraction of sp³-hybridized carbons (Fsp3) is 0.211. The van der Waals surface area contributed by atoms with Crippen molar-refractivity contribution in [1.29, 1.82) is 0 Å². The maximum atomic E-state index is 12.7. The van der Waals surface area contributed by atoms with Gasteiger partial charge in [0.25, 0.3) is 0 Å². The molecule has 0 aliphatic carbocycles. The van der Waals surface area contributed by atoms with Crippen LogP contribution >= 0.6 is 15.9 Å². The zero-order chi connectivity index (χ0) is 17.3. The summed E-state index contributed by atoms with van der Waals surface area (Å²) >= 11 is 3.49. The Morgan fingerprint density at radius 2 is 2.04 bits per heavy atom. The van der Waals surface area contributed by atoms with Crippen molar-refractivity contribution in [3.8, 4) is 5.75 Å². The number of likely N-dealkylation sites (N-methyl/N-ethyl adjacent to an activating group) is 1. The standard InChI is InChI=1S/C19H19BrN2O2/c1-12-8-14(4-6-17(12)20)22(2)19(23)9-13-11-21-18-7-5-15(24-3)10-16(13)18/h4-8,10-11,21H,9H2,1-3H3. The van der Waals surface area contributed by atoms with Crippen LogP contribution in [0.4, 0.5) is 5.69 Å². The van der Waals surface area contributed by atoms with Crippen molar-refractivity contribution in [2.45, 2.75) is 13.3 Å². The summed E-state index contributed by atoms with van der Waals surface area (Å²) in [5.74, 6) is 0.827. The summed E-state index contributed by atoms with van der Waals surface area (Å²) in [5.41, 5.74) is 3.96. The molecule has 5 heteroatoms. The van der Waals surface area contributed by atoms with Crippen molar-refractivity contribution < 1.29 is 9.53 Å². The number of ether oxygens (including phenoxy) is 1. The number of hydrogen-bond donors (Lipinski definition) is 1. The Hall–Kier alpha value is -2.27. The maximum Gasteiger partial charge on any atom is 0.231 e. The fourth-order valence-electron chi connectivity index (χ4n) is 2.69. The van der Waals surface area contributed by atoms with Crippen molar-refractivity contribution in [3.63, 3.8) is 0 Å². The average molecular weight is 387 g/mol. The lowest BCUT2D eigenvalue weighted by molar-refractivity contribution is -0.117. The van der Waals surface area contributed by atoms with Crippen molar-refractivity contribution in [2.75, 3.05) is 19.1 Å².